The van der Waals surface area contributed by atoms with Gasteiger partial charge in [-0.1, -0.05) is 66.7 Å². The zero-order valence-corrected chi connectivity index (χ0v) is 14.2. The number of ether oxygens (including phenoxy) is 1. The molecule has 2 aromatic rings. The molecule has 0 fully saturated rings. The smallest absolute Gasteiger partial charge is 0.410 e. The maximum Gasteiger partial charge on any atom is 0.410 e. The first-order chi connectivity index (χ1) is 11.6. The third-order valence-electron chi connectivity index (χ3n) is 3.50. The Bertz CT molecular complexity index is 713. The van der Waals surface area contributed by atoms with Crippen LogP contribution >= 0.6 is 11.6 Å². The molecule has 0 aliphatic rings. The van der Waals surface area contributed by atoms with Crippen molar-refractivity contribution in [2.75, 3.05) is 6.54 Å². The van der Waals surface area contributed by atoms with Crippen LogP contribution in [0.25, 0.3) is 6.08 Å². The van der Waals surface area contributed by atoms with E-state index in [4.69, 9.17) is 16.3 Å². The van der Waals surface area contributed by atoms with Gasteiger partial charge < -0.3 is 9.64 Å². The minimum atomic E-state index is -0.395. The summed E-state index contributed by atoms with van der Waals surface area (Å²) in [6.07, 6.45) is 3.02. The number of nitrogens with zero attached hydrogens (tertiary/aromatic N) is 1. The van der Waals surface area contributed by atoms with E-state index in [0.29, 0.717) is 18.1 Å². The Kier molecular flexibility index (Phi) is 6.64. The van der Waals surface area contributed by atoms with E-state index in [1.165, 1.54) is 0 Å². The monoisotopic (exact) mass is 341 g/mol. The SMILES string of the molecule is C=CCN(Cc1cc(Cl)ccc1C=C)C(=O)OCc1ccccc1. The van der Waals surface area contributed by atoms with Crippen molar-refractivity contribution in [1.82, 2.24) is 4.90 Å². The number of carbonyl (C=O) groups is 1. The molecule has 0 spiro atoms. The zero-order chi connectivity index (χ0) is 17.4. The van der Waals surface area contributed by atoms with E-state index in [1.807, 2.05) is 42.5 Å². The van der Waals surface area contributed by atoms with Crippen molar-refractivity contribution in [1.29, 1.82) is 0 Å². The molecule has 0 heterocycles. The Labute approximate surface area is 147 Å². The van der Waals surface area contributed by atoms with E-state index >= 15 is 0 Å². The van der Waals surface area contributed by atoms with Crippen molar-refractivity contribution >= 4 is 23.8 Å². The summed E-state index contributed by atoms with van der Waals surface area (Å²) in [7, 11) is 0. The van der Waals surface area contributed by atoms with Gasteiger partial charge in [0.1, 0.15) is 6.61 Å². The maximum atomic E-state index is 12.4. The second kappa shape index (κ2) is 8.94. The summed E-state index contributed by atoms with van der Waals surface area (Å²) < 4.78 is 5.40. The van der Waals surface area contributed by atoms with Crippen LogP contribution in [-0.2, 0) is 17.9 Å². The van der Waals surface area contributed by atoms with E-state index in [0.717, 1.165) is 16.7 Å². The first kappa shape index (κ1) is 17.8. The third kappa shape index (κ3) is 5.00. The Morgan fingerprint density at radius 3 is 2.58 bits per heavy atom. The van der Waals surface area contributed by atoms with E-state index < -0.39 is 6.09 Å². The Morgan fingerprint density at radius 2 is 1.92 bits per heavy atom. The van der Waals surface area contributed by atoms with Crippen LogP contribution in [0, 0.1) is 0 Å². The van der Waals surface area contributed by atoms with Crippen molar-refractivity contribution in [3.05, 3.63) is 89.5 Å². The highest BCUT2D eigenvalue weighted by atomic mass is 35.5. The Balaban J connectivity index is 2.08. The number of hydrogen-bond acceptors (Lipinski definition) is 2. The standard InChI is InChI=1S/C20H20ClNO2/c1-3-12-22(14-18-13-19(21)11-10-17(18)4-2)20(23)24-15-16-8-6-5-7-9-16/h3-11,13H,1-2,12,14-15H2. The van der Waals surface area contributed by atoms with Crippen LogP contribution in [0.15, 0.2) is 67.8 Å². The average molecular weight is 342 g/mol. The first-order valence-electron chi connectivity index (χ1n) is 7.61. The minimum Gasteiger partial charge on any atom is -0.445 e. The lowest BCUT2D eigenvalue weighted by Gasteiger charge is -2.22. The van der Waals surface area contributed by atoms with Gasteiger partial charge in [0, 0.05) is 18.1 Å². The van der Waals surface area contributed by atoms with Crippen molar-refractivity contribution in [3.63, 3.8) is 0 Å². The number of benzene rings is 2. The second-order valence-electron chi connectivity index (χ2n) is 5.26. The normalized spacial score (nSPS) is 10.0. The molecule has 2 aromatic carbocycles. The van der Waals surface area contributed by atoms with E-state index in [2.05, 4.69) is 13.2 Å². The second-order valence-corrected chi connectivity index (χ2v) is 5.69. The lowest BCUT2D eigenvalue weighted by molar-refractivity contribution is 0.0978. The first-order valence-corrected chi connectivity index (χ1v) is 7.99. The number of hydrogen-bond donors (Lipinski definition) is 0. The molecule has 0 radical (unpaired) electrons. The fourth-order valence-electron chi connectivity index (χ4n) is 2.29. The molecule has 0 atom stereocenters. The van der Waals surface area contributed by atoms with Crippen molar-refractivity contribution in [2.45, 2.75) is 13.2 Å². The molecule has 0 aromatic heterocycles. The van der Waals surface area contributed by atoms with Gasteiger partial charge in [-0.25, -0.2) is 4.79 Å². The van der Waals surface area contributed by atoms with Crippen LogP contribution < -0.4 is 0 Å². The van der Waals surface area contributed by atoms with Gasteiger partial charge in [-0.2, -0.15) is 0 Å². The topological polar surface area (TPSA) is 29.5 Å². The summed E-state index contributed by atoms with van der Waals surface area (Å²) in [5.41, 5.74) is 2.79. The van der Waals surface area contributed by atoms with Gasteiger partial charge in [0.15, 0.2) is 0 Å². The predicted molar refractivity (Wildman–Crippen MR) is 98.8 cm³/mol. The summed E-state index contributed by atoms with van der Waals surface area (Å²) in [4.78, 5) is 14.0. The van der Waals surface area contributed by atoms with Gasteiger partial charge in [0.05, 0.1) is 0 Å². The van der Waals surface area contributed by atoms with E-state index in [1.54, 1.807) is 23.1 Å². The molecule has 0 bridgehead atoms. The lowest BCUT2D eigenvalue weighted by Crippen LogP contribution is -2.31. The van der Waals surface area contributed by atoms with Crippen LogP contribution in [0.2, 0.25) is 5.02 Å². The fourth-order valence-corrected chi connectivity index (χ4v) is 2.48. The molecule has 0 saturated carbocycles. The van der Waals surface area contributed by atoms with Crippen LogP contribution in [0.1, 0.15) is 16.7 Å². The van der Waals surface area contributed by atoms with Crippen molar-refractivity contribution in [3.8, 4) is 0 Å². The molecule has 0 N–H and O–H groups in total. The van der Waals surface area contributed by atoms with Crippen LogP contribution in [-0.4, -0.2) is 17.5 Å². The minimum absolute atomic E-state index is 0.233. The summed E-state index contributed by atoms with van der Waals surface area (Å²) in [5, 5.41) is 0.617. The van der Waals surface area contributed by atoms with E-state index in [9.17, 15) is 4.79 Å². The zero-order valence-electron chi connectivity index (χ0n) is 13.5. The molecule has 4 heteroatoms. The molecule has 0 aliphatic carbocycles. The van der Waals surface area contributed by atoms with Gasteiger partial charge in [0.25, 0.3) is 0 Å². The van der Waals surface area contributed by atoms with Crippen LogP contribution in [0.4, 0.5) is 4.79 Å². The molecule has 2 rings (SSSR count). The predicted octanol–water partition coefficient (Wildman–Crippen LogP) is 5.31. The molecular weight excluding hydrogens is 322 g/mol. The Hall–Kier alpha value is -2.52. The van der Waals surface area contributed by atoms with Gasteiger partial charge in [-0.3, -0.25) is 0 Å². The quantitative estimate of drug-likeness (QED) is 0.639. The molecular formula is C20H20ClNO2. The molecule has 0 aliphatic heterocycles. The summed E-state index contributed by atoms with van der Waals surface area (Å²) in [6.45, 7) is 8.50. The van der Waals surface area contributed by atoms with Crippen molar-refractivity contribution < 1.29 is 9.53 Å². The number of carbonyl (C=O) groups excluding carboxylic acids is 1. The highest BCUT2D eigenvalue weighted by Crippen LogP contribution is 2.19. The average Bonchev–Trinajstić information content (AvgIpc) is 2.60. The summed E-state index contributed by atoms with van der Waals surface area (Å²) >= 11 is 6.07. The van der Waals surface area contributed by atoms with Gasteiger partial charge in [-0.05, 0) is 28.8 Å². The van der Waals surface area contributed by atoms with Gasteiger partial charge >= 0.3 is 6.09 Å². The Morgan fingerprint density at radius 1 is 1.17 bits per heavy atom. The molecule has 3 nitrogen and oxygen atoms in total. The van der Waals surface area contributed by atoms with E-state index in [-0.39, 0.29) is 6.61 Å². The molecule has 24 heavy (non-hydrogen) atoms. The van der Waals surface area contributed by atoms with Crippen LogP contribution in [0.5, 0.6) is 0 Å². The highest BCUT2D eigenvalue weighted by molar-refractivity contribution is 6.30. The van der Waals surface area contributed by atoms with Crippen LogP contribution in [0.3, 0.4) is 0 Å². The highest BCUT2D eigenvalue weighted by Gasteiger charge is 2.16. The number of amides is 1. The summed E-state index contributed by atoms with van der Waals surface area (Å²) in [5.74, 6) is 0. The number of halogens is 1. The van der Waals surface area contributed by atoms with Gasteiger partial charge in [0.2, 0.25) is 0 Å². The largest absolute Gasteiger partial charge is 0.445 e. The third-order valence-corrected chi connectivity index (χ3v) is 3.73. The molecule has 0 unspecified atom stereocenters. The lowest BCUT2D eigenvalue weighted by atomic mass is 10.1. The number of rotatable bonds is 7. The van der Waals surface area contributed by atoms with Gasteiger partial charge in [-0.15, -0.1) is 6.58 Å². The molecule has 0 saturated heterocycles. The molecule has 124 valence electrons. The maximum absolute atomic E-state index is 12.4. The van der Waals surface area contributed by atoms with Crippen molar-refractivity contribution in [2.24, 2.45) is 0 Å². The summed E-state index contributed by atoms with van der Waals surface area (Å²) in [6, 6.07) is 15.1. The molecule has 1 amide bonds. The fraction of sp³-hybridized carbons (Fsp3) is 0.150.